The number of carbonyl (C=O) groups is 1. The minimum absolute atomic E-state index is 0.0996. The topological polar surface area (TPSA) is 75.7 Å². The molecule has 0 atom stereocenters. The quantitative estimate of drug-likeness (QED) is 0.919. The monoisotopic (exact) mass is 298 g/mol. The second-order valence-corrected chi connectivity index (χ2v) is 6.84. The molecule has 0 aromatic heterocycles. The molecule has 0 unspecified atom stereocenters. The Morgan fingerprint density at radius 2 is 2.15 bits per heavy atom. The minimum Gasteiger partial charge on any atom is -0.453 e. The van der Waals surface area contributed by atoms with Gasteiger partial charge in [-0.2, -0.15) is 4.31 Å². The van der Waals surface area contributed by atoms with Crippen LogP contribution in [-0.2, 0) is 27.7 Å². The van der Waals surface area contributed by atoms with E-state index < -0.39 is 16.1 Å². The highest BCUT2D eigenvalue weighted by atomic mass is 32.2. The Balaban J connectivity index is 2.22. The summed E-state index contributed by atoms with van der Waals surface area (Å²) in [6.07, 6.45) is 0.145. The van der Waals surface area contributed by atoms with Crippen LogP contribution >= 0.6 is 0 Å². The summed E-state index contributed by atoms with van der Waals surface area (Å²) in [6, 6.07) is 5.50. The van der Waals surface area contributed by atoms with Gasteiger partial charge in [0.25, 0.3) is 0 Å². The minimum atomic E-state index is -3.18. The van der Waals surface area contributed by atoms with Crippen molar-refractivity contribution >= 4 is 21.8 Å². The third-order valence-corrected chi connectivity index (χ3v) is 5.20. The molecular formula is C13H18N2O4S. The SMILES string of the molecule is CCS(=O)(=O)N1CCc2ccc(NC(=O)OC)cc2C1. The molecule has 0 saturated heterocycles. The highest BCUT2D eigenvalue weighted by Gasteiger charge is 2.25. The first-order valence-electron chi connectivity index (χ1n) is 6.41. The Morgan fingerprint density at radius 3 is 2.80 bits per heavy atom. The first kappa shape index (κ1) is 14.8. The first-order chi connectivity index (χ1) is 9.46. The van der Waals surface area contributed by atoms with E-state index in [1.54, 1.807) is 19.1 Å². The number of amides is 1. The van der Waals surface area contributed by atoms with E-state index in [0.29, 0.717) is 25.2 Å². The zero-order valence-electron chi connectivity index (χ0n) is 11.5. The Morgan fingerprint density at radius 1 is 1.40 bits per heavy atom. The number of hydrogen-bond acceptors (Lipinski definition) is 4. The second-order valence-electron chi connectivity index (χ2n) is 4.58. The van der Waals surface area contributed by atoms with Crippen molar-refractivity contribution in [3.8, 4) is 0 Å². The highest BCUT2D eigenvalue weighted by Crippen LogP contribution is 2.24. The first-order valence-corrected chi connectivity index (χ1v) is 8.01. The van der Waals surface area contributed by atoms with E-state index >= 15 is 0 Å². The predicted octanol–water partition coefficient (Wildman–Crippen LogP) is 1.57. The van der Waals surface area contributed by atoms with E-state index in [2.05, 4.69) is 10.1 Å². The molecule has 20 heavy (non-hydrogen) atoms. The van der Waals surface area contributed by atoms with Crippen LogP contribution in [0.15, 0.2) is 18.2 Å². The molecule has 0 bridgehead atoms. The Bertz CT molecular complexity index is 613. The van der Waals surface area contributed by atoms with Crippen molar-refractivity contribution in [3.05, 3.63) is 29.3 Å². The van der Waals surface area contributed by atoms with Gasteiger partial charge in [0.15, 0.2) is 0 Å². The fourth-order valence-electron chi connectivity index (χ4n) is 2.20. The molecule has 2 rings (SSSR count). The maximum Gasteiger partial charge on any atom is 0.411 e. The van der Waals surface area contributed by atoms with Gasteiger partial charge in [-0.3, -0.25) is 5.32 Å². The van der Waals surface area contributed by atoms with Gasteiger partial charge in [-0.05, 0) is 36.6 Å². The smallest absolute Gasteiger partial charge is 0.411 e. The van der Waals surface area contributed by atoms with Gasteiger partial charge < -0.3 is 4.74 Å². The van der Waals surface area contributed by atoms with E-state index in [1.165, 1.54) is 11.4 Å². The number of nitrogens with one attached hydrogen (secondary N) is 1. The number of benzene rings is 1. The van der Waals surface area contributed by atoms with Crippen molar-refractivity contribution in [1.82, 2.24) is 4.31 Å². The molecule has 0 radical (unpaired) electrons. The molecule has 7 heteroatoms. The summed E-state index contributed by atoms with van der Waals surface area (Å²) in [5.74, 6) is 0.0996. The van der Waals surface area contributed by atoms with Gasteiger partial charge in [0.05, 0.1) is 12.9 Å². The highest BCUT2D eigenvalue weighted by molar-refractivity contribution is 7.89. The van der Waals surface area contributed by atoms with Gasteiger partial charge in [0.2, 0.25) is 10.0 Å². The fourth-order valence-corrected chi connectivity index (χ4v) is 3.27. The van der Waals surface area contributed by atoms with Crippen LogP contribution in [0.2, 0.25) is 0 Å². The maximum atomic E-state index is 11.9. The lowest BCUT2D eigenvalue weighted by molar-refractivity contribution is 0.187. The van der Waals surface area contributed by atoms with Gasteiger partial charge in [-0.25, -0.2) is 13.2 Å². The lowest BCUT2D eigenvalue weighted by Gasteiger charge is -2.28. The summed E-state index contributed by atoms with van der Waals surface area (Å²) < 4.78 is 29.8. The maximum absolute atomic E-state index is 11.9. The molecular weight excluding hydrogens is 280 g/mol. The molecule has 1 amide bonds. The third kappa shape index (κ3) is 3.10. The van der Waals surface area contributed by atoms with Gasteiger partial charge in [0, 0.05) is 18.8 Å². The molecule has 1 N–H and O–H groups in total. The van der Waals surface area contributed by atoms with Crippen LogP contribution in [0.25, 0.3) is 0 Å². The van der Waals surface area contributed by atoms with E-state index in [-0.39, 0.29) is 5.75 Å². The van der Waals surface area contributed by atoms with Gasteiger partial charge in [-0.15, -0.1) is 0 Å². The average Bonchev–Trinajstić information content (AvgIpc) is 2.46. The van der Waals surface area contributed by atoms with Crippen molar-refractivity contribution in [2.75, 3.05) is 24.7 Å². The van der Waals surface area contributed by atoms with Crippen molar-refractivity contribution in [2.24, 2.45) is 0 Å². The number of carbonyl (C=O) groups excluding carboxylic acids is 1. The van der Waals surface area contributed by atoms with Crippen LogP contribution in [0, 0.1) is 0 Å². The zero-order valence-corrected chi connectivity index (χ0v) is 12.4. The zero-order chi connectivity index (χ0) is 14.8. The van der Waals surface area contributed by atoms with Gasteiger partial charge in [-0.1, -0.05) is 6.07 Å². The number of fused-ring (bicyclic) bond motifs is 1. The van der Waals surface area contributed by atoms with Gasteiger partial charge in [0.1, 0.15) is 0 Å². The van der Waals surface area contributed by atoms with Crippen LogP contribution in [0.4, 0.5) is 10.5 Å². The number of nitrogens with zero attached hydrogens (tertiary/aromatic N) is 1. The number of ether oxygens (including phenoxy) is 1. The van der Waals surface area contributed by atoms with Crippen molar-refractivity contribution in [3.63, 3.8) is 0 Å². The van der Waals surface area contributed by atoms with E-state index in [0.717, 1.165) is 11.1 Å². The Hall–Kier alpha value is -1.60. The standard InChI is InChI=1S/C13H18N2O4S/c1-3-20(17,18)15-7-6-10-4-5-12(8-11(10)9-15)14-13(16)19-2/h4-5,8H,3,6-7,9H2,1-2H3,(H,14,16). The third-order valence-electron chi connectivity index (χ3n) is 3.37. The Kier molecular flexibility index (Phi) is 4.29. The van der Waals surface area contributed by atoms with Crippen LogP contribution in [-0.4, -0.2) is 38.2 Å². The number of methoxy groups -OCH3 is 1. The van der Waals surface area contributed by atoms with Crippen molar-refractivity contribution < 1.29 is 17.9 Å². The lowest BCUT2D eigenvalue weighted by Crippen LogP contribution is -2.36. The average molecular weight is 298 g/mol. The molecule has 1 aromatic rings. The molecule has 6 nitrogen and oxygen atoms in total. The molecule has 1 heterocycles. The van der Waals surface area contributed by atoms with Crippen molar-refractivity contribution in [1.29, 1.82) is 0 Å². The van der Waals surface area contributed by atoms with Crippen LogP contribution < -0.4 is 5.32 Å². The lowest BCUT2D eigenvalue weighted by atomic mass is 10.0. The molecule has 0 saturated carbocycles. The largest absolute Gasteiger partial charge is 0.453 e. The summed E-state index contributed by atoms with van der Waals surface area (Å²) in [4.78, 5) is 11.2. The second kappa shape index (κ2) is 5.80. The number of anilines is 1. The molecule has 0 aliphatic carbocycles. The summed E-state index contributed by atoms with van der Waals surface area (Å²) in [6.45, 7) is 2.50. The fraction of sp³-hybridized carbons (Fsp3) is 0.462. The van der Waals surface area contributed by atoms with Crippen molar-refractivity contribution in [2.45, 2.75) is 19.9 Å². The predicted molar refractivity (Wildman–Crippen MR) is 76.0 cm³/mol. The Labute approximate surface area is 118 Å². The molecule has 0 spiro atoms. The summed E-state index contributed by atoms with van der Waals surface area (Å²) in [5, 5.41) is 2.58. The number of hydrogen-bond donors (Lipinski definition) is 1. The number of sulfonamides is 1. The number of rotatable bonds is 3. The molecule has 1 aliphatic rings. The van der Waals surface area contributed by atoms with Crippen LogP contribution in [0.1, 0.15) is 18.1 Å². The molecule has 1 aromatic carbocycles. The van der Waals surface area contributed by atoms with Crippen LogP contribution in [0.5, 0.6) is 0 Å². The summed E-state index contributed by atoms with van der Waals surface area (Å²) >= 11 is 0. The molecule has 1 aliphatic heterocycles. The molecule has 110 valence electrons. The van der Waals surface area contributed by atoms with E-state index in [1.807, 2.05) is 6.07 Å². The van der Waals surface area contributed by atoms with E-state index in [4.69, 9.17) is 0 Å². The van der Waals surface area contributed by atoms with E-state index in [9.17, 15) is 13.2 Å². The molecule has 0 fully saturated rings. The van der Waals surface area contributed by atoms with Gasteiger partial charge >= 0.3 is 6.09 Å². The summed E-state index contributed by atoms with van der Waals surface area (Å²) in [7, 11) is -1.89. The normalized spacial score (nSPS) is 15.5. The van der Waals surface area contributed by atoms with Crippen LogP contribution in [0.3, 0.4) is 0 Å². The summed E-state index contributed by atoms with van der Waals surface area (Å²) in [5.41, 5.74) is 2.64.